The molecule has 0 heterocycles. The van der Waals surface area contributed by atoms with E-state index in [9.17, 15) is 0 Å². The molecule has 0 spiro atoms. The fraction of sp³-hybridized carbons (Fsp3) is 0. The molecular formula is C24H19ClPbS-. The Morgan fingerprint density at radius 2 is 0.815 bits per heavy atom. The van der Waals surface area contributed by atoms with Crippen LogP contribution in [0.15, 0.2) is 120 Å². The third-order valence-corrected chi connectivity index (χ3v) is 15.1. The second-order valence-electron chi connectivity index (χ2n) is 5.93. The van der Waals surface area contributed by atoms with Crippen LogP contribution in [-0.4, -0.2) is 22.7 Å². The second-order valence-corrected chi connectivity index (χ2v) is 16.5. The van der Waals surface area contributed by atoms with Crippen LogP contribution in [-0.2, 0) is 12.6 Å². The fourth-order valence-corrected chi connectivity index (χ4v) is 13.0. The molecule has 0 unspecified atom stereocenters. The minimum atomic E-state index is -2.17. The van der Waals surface area contributed by atoms with Gasteiger partial charge in [0.05, 0.1) is 0 Å². The number of benzene rings is 4. The van der Waals surface area contributed by atoms with Crippen LogP contribution in [0.5, 0.6) is 0 Å². The van der Waals surface area contributed by atoms with Crippen molar-refractivity contribution in [3.8, 4) is 0 Å². The van der Waals surface area contributed by atoms with Crippen LogP contribution in [0.25, 0.3) is 0 Å². The molecule has 0 atom stereocenters. The van der Waals surface area contributed by atoms with Gasteiger partial charge in [-0.2, -0.15) is 4.90 Å². The predicted molar refractivity (Wildman–Crippen MR) is 121 cm³/mol. The molecule has 3 heteroatoms. The zero-order chi connectivity index (χ0) is 18.9. The molecule has 0 aromatic heterocycles. The van der Waals surface area contributed by atoms with Crippen molar-refractivity contribution < 1.29 is 0 Å². The summed E-state index contributed by atoms with van der Waals surface area (Å²) in [6.45, 7) is 0. The van der Waals surface area contributed by atoms with E-state index >= 15 is 0 Å². The molecule has 0 saturated heterocycles. The van der Waals surface area contributed by atoms with Gasteiger partial charge in [-0.15, -0.1) is 0 Å². The minimum absolute atomic E-state index is 0.735. The molecule has 133 valence electrons. The van der Waals surface area contributed by atoms with Crippen molar-refractivity contribution in [2.75, 3.05) is 0 Å². The van der Waals surface area contributed by atoms with Gasteiger partial charge in [0.1, 0.15) is 0 Å². The monoisotopic (exact) mass is 582 g/mol. The van der Waals surface area contributed by atoms with Crippen LogP contribution >= 0.6 is 11.6 Å². The Labute approximate surface area is 180 Å². The SMILES string of the molecule is [S-]c1ccc(Cl)cc1.c1cc[c]([Pb]([c]2ccccc2)[c]2ccccc2)cc1. The maximum absolute atomic E-state index is 5.57. The van der Waals surface area contributed by atoms with Crippen molar-refractivity contribution in [2.24, 2.45) is 0 Å². The topological polar surface area (TPSA) is 0 Å². The molecular weight excluding hydrogens is 563 g/mol. The van der Waals surface area contributed by atoms with Crippen molar-refractivity contribution in [1.82, 2.24) is 0 Å². The van der Waals surface area contributed by atoms with E-state index in [1.54, 1.807) is 33.6 Å². The molecule has 0 aliphatic rings. The summed E-state index contributed by atoms with van der Waals surface area (Å²) in [6, 6.07) is 40.2. The summed E-state index contributed by atoms with van der Waals surface area (Å²) in [6.07, 6.45) is 0. The first-order valence-corrected chi connectivity index (χ1v) is 15.3. The van der Waals surface area contributed by atoms with E-state index < -0.39 is 22.7 Å². The Morgan fingerprint density at radius 3 is 1.11 bits per heavy atom. The Bertz CT molecular complexity index is 811. The van der Waals surface area contributed by atoms with Gasteiger partial charge in [0.15, 0.2) is 0 Å². The summed E-state index contributed by atoms with van der Waals surface area (Å²) in [4.78, 5) is 0.828. The van der Waals surface area contributed by atoms with Gasteiger partial charge in [-0.1, -0.05) is 23.7 Å². The quantitative estimate of drug-likeness (QED) is 0.255. The van der Waals surface area contributed by atoms with Gasteiger partial charge in [0.25, 0.3) is 0 Å². The van der Waals surface area contributed by atoms with Gasteiger partial charge in [-0.05, 0) is 12.1 Å². The molecule has 0 saturated carbocycles. The summed E-state index contributed by atoms with van der Waals surface area (Å²) in [5.74, 6) is 0. The second kappa shape index (κ2) is 10.6. The molecule has 0 aliphatic carbocycles. The zero-order valence-corrected chi connectivity index (χ0v) is 20.2. The van der Waals surface area contributed by atoms with Crippen molar-refractivity contribution in [3.63, 3.8) is 0 Å². The van der Waals surface area contributed by atoms with Crippen molar-refractivity contribution in [2.45, 2.75) is 4.90 Å². The average Bonchev–Trinajstić information content (AvgIpc) is 2.73. The standard InChI is InChI=1S/C6H5ClS.3C6H5.Pb/c7-5-1-3-6(8)4-2-5;3*1-2-4-6-5-3-1;/h1-4,8H;3*1-5H;/p-1. The van der Waals surface area contributed by atoms with E-state index in [-0.39, 0.29) is 0 Å². The molecule has 0 fully saturated rings. The third-order valence-electron chi connectivity index (χ3n) is 4.00. The Morgan fingerprint density at radius 1 is 0.481 bits per heavy atom. The van der Waals surface area contributed by atoms with Gasteiger partial charge in [-0.25, -0.2) is 0 Å². The molecule has 4 aromatic rings. The number of hydrogen-bond acceptors (Lipinski definition) is 1. The van der Waals surface area contributed by atoms with Gasteiger partial charge in [0, 0.05) is 5.02 Å². The number of rotatable bonds is 3. The van der Waals surface area contributed by atoms with Crippen LogP contribution in [0.3, 0.4) is 0 Å². The zero-order valence-electron chi connectivity index (χ0n) is 14.8. The van der Waals surface area contributed by atoms with Crippen molar-refractivity contribution in [1.29, 1.82) is 0 Å². The van der Waals surface area contributed by atoms with E-state index in [1.807, 2.05) is 0 Å². The first-order chi connectivity index (χ1) is 13.2. The van der Waals surface area contributed by atoms with Crippen molar-refractivity contribution >= 4 is 56.3 Å². The van der Waals surface area contributed by atoms with Crippen LogP contribution < -0.4 is 9.37 Å². The fourth-order valence-electron chi connectivity index (χ4n) is 2.75. The molecule has 0 amide bonds. The maximum atomic E-state index is 5.57. The summed E-state index contributed by atoms with van der Waals surface area (Å²) in [5.41, 5.74) is 0. The van der Waals surface area contributed by atoms with E-state index in [2.05, 4.69) is 91.0 Å². The number of halogens is 1. The Hall–Kier alpha value is -1.69. The van der Waals surface area contributed by atoms with Gasteiger partial charge in [-0.3, -0.25) is 0 Å². The van der Waals surface area contributed by atoms with Crippen LogP contribution in [0.1, 0.15) is 0 Å². The van der Waals surface area contributed by atoms with E-state index in [1.165, 1.54) is 0 Å². The van der Waals surface area contributed by atoms with E-state index in [4.69, 9.17) is 24.2 Å². The summed E-state index contributed by atoms with van der Waals surface area (Å²) < 4.78 is 4.64. The summed E-state index contributed by atoms with van der Waals surface area (Å²) in [5, 5.41) is 0.735. The molecule has 0 aliphatic heterocycles. The average molecular weight is 582 g/mol. The molecule has 1 radical (unpaired) electrons. The van der Waals surface area contributed by atoms with Crippen LogP contribution in [0.4, 0.5) is 0 Å². The molecule has 4 rings (SSSR count). The summed E-state index contributed by atoms with van der Waals surface area (Å²) >= 11 is 8.21. The van der Waals surface area contributed by atoms with Gasteiger partial charge >= 0.3 is 123 Å². The molecule has 0 bridgehead atoms. The van der Waals surface area contributed by atoms with Gasteiger partial charge < -0.3 is 12.6 Å². The summed E-state index contributed by atoms with van der Waals surface area (Å²) in [7, 11) is 0. The van der Waals surface area contributed by atoms with Crippen molar-refractivity contribution in [3.05, 3.63) is 120 Å². The third kappa shape index (κ3) is 6.16. The van der Waals surface area contributed by atoms with Gasteiger partial charge in [0.2, 0.25) is 0 Å². The molecule has 27 heavy (non-hydrogen) atoms. The normalized spacial score (nSPS) is 10.1. The Balaban J connectivity index is 0.000000221. The Kier molecular flexibility index (Phi) is 7.87. The predicted octanol–water partition coefficient (Wildman–Crippen LogP) is 4.45. The molecule has 4 aromatic carbocycles. The first kappa shape index (κ1) is 20.1. The van der Waals surface area contributed by atoms with Crippen LogP contribution in [0.2, 0.25) is 5.02 Å². The molecule has 0 N–H and O–H groups in total. The van der Waals surface area contributed by atoms with Crippen LogP contribution in [0, 0.1) is 0 Å². The van der Waals surface area contributed by atoms with E-state index in [0.29, 0.717) is 0 Å². The van der Waals surface area contributed by atoms with E-state index in [0.717, 1.165) is 9.92 Å². The first-order valence-electron chi connectivity index (χ1n) is 8.70. The molecule has 0 nitrogen and oxygen atoms in total. The number of hydrogen-bond donors (Lipinski definition) is 0.